The summed E-state index contributed by atoms with van der Waals surface area (Å²) >= 11 is 2.79. The van der Waals surface area contributed by atoms with E-state index in [4.69, 9.17) is 4.74 Å². The van der Waals surface area contributed by atoms with E-state index in [0.29, 0.717) is 18.6 Å². The van der Waals surface area contributed by atoms with E-state index in [9.17, 15) is 17.6 Å². The van der Waals surface area contributed by atoms with E-state index in [1.54, 1.807) is 0 Å². The first-order valence-electron chi connectivity index (χ1n) is 5.65. The van der Waals surface area contributed by atoms with Crippen LogP contribution >= 0.6 is 15.9 Å². The van der Waals surface area contributed by atoms with Gasteiger partial charge in [0.15, 0.2) is 11.6 Å². The maximum Gasteiger partial charge on any atom is 0.417 e. The van der Waals surface area contributed by atoms with Crippen molar-refractivity contribution in [1.29, 1.82) is 0 Å². The van der Waals surface area contributed by atoms with Gasteiger partial charge < -0.3 is 9.64 Å². The molecular weight excluding hydrogens is 330 g/mol. The van der Waals surface area contributed by atoms with Crippen LogP contribution in [-0.4, -0.2) is 31.6 Å². The van der Waals surface area contributed by atoms with Crippen LogP contribution < -0.4 is 4.74 Å². The van der Waals surface area contributed by atoms with Crippen molar-refractivity contribution in [3.63, 3.8) is 0 Å². The van der Waals surface area contributed by atoms with Gasteiger partial charge in [0, 0.05) is 23.5 Å². The third-order valence-corrected chi connectivity index (χ3v) is 3.60. The Bertz CT molecular complexity index is 472. The Kier molecular flexibility index (Phi) is 4.06. The molecule has 0 bridgehead atoms. The van der Waals surface area contributed by atoms with Crippen LogP contribution in [0.2, 0.25) is 0 Å². The number of nitrogens with zero attached hydrogens (tertiary/aromatic N) is 1. The van der Waals surface area contributed by atoms with Crippen molar-refractivity contribution in [3.8, 4) is 5.75 Å². The van der Waals surface area contributed by atoms with Gasteiger partial charge in [-0.1, -0.05) is 15.9 Å². The summed E-state index contributed by atoms with van der Waals surface area (Å²) < 4.78 is 56.2. The molecule has 1 aliphatic rings. The largest absolute Gasteiger partial charge is 0.490 e. The summed E-state index contributed by atoms with van der Waals surface area (Å²) in [6.07, 6.45) is -4.59. The molecule has 1 fully saturated rings. The number of halogens is 5. The van der Waals surface area contributed by atoms with Crippen molar-refractivity contribution >= 4 is 15.9 Å². The number of likely N-dealkylation sites (tertiary alicyclic amines) is 1. The minimum absolute atomic E-state index is 0.158. The molecule has 106 valence electrons. The molecule has 1 aliphatic heterocycles. The maximum absolute atomic E-state index is 13.6. The molecule has 1 aromatic rings. The van der Waals surface area contributed by atoms with Gasteiger partial charge in [-0.3, -0.25) is 0 Å². The van der Waals surface area contributed by atoms with Crippen molar-refractivity contribution in [1.82, 2.24) is 4.90 Å². The second-order valence-corrected chi connectivity index (χ2v) is 5.51. The van der Waals surface area contributed by atoms with E-state index in [1.165, 1.54) is 0 Å². The highest BCUT2D eigenvalue weighted by Gasteiger charge is 2.34. The van der Waals surface area contributed by atoms with Gasteiger partial charge in [-0.2, -0.15) is 13.2 Å². The first-order chi connectivity index (χ1) is 8.77. The van der Waals surface area contributed by atoms with Gasteiger partial charge in [-0.05, 0) is 19.2 Å². The minimum atomic E-state index is -4.59. The first kappa shape index (κ1) is 14.6. The monoisotopic (exact) mass is 341 g/mol. The van der Waals surface area contributed by atoms with Gasteiger partial charge in [0.2, 0.25) is 0 Å². The number of ether oxygens (including phenoxy) is 1. The lowest BCUT2D eigenvalue weighted by Gasteiger charge is -2.35. The van der Waals surface area contributed by atoms with Crippen LogP contribution in [0.3, 0.4) is 0 Å². The number of rotatable bonds is 3. The molecule has 1 heterocycles. The Morgan fingerprint density at radius 3 is 2.53 bits per heavy atom. The molecule has 0 saturated carbocycles. The normalized spacial score (nSPS) is 17.4. The zero-order valence-corrected chi connectivity index (χ0v) is 11.7. The van der Waals surface area contributed by atoms with Crippen molar-refractivity contribution in [2.45, 2.75) is 6.18 Å². The summed E-state index contributed by atoms with van der Waals surface area (Å²) in [6, 6.07) is 1.48. The van der Waals surface area contributed by atoms with Gasteiger partial charge in [0.1, 0.15) is 0 Å². The standard InChI is InChI=1S/C12H12BrF4NO/c1-18-4-7(5-18)6-19-11-3-9(13)8(2-10(11)14)12(15,16)17/h2-3,7H,4-6H2,1H3. The molecule has 0 spiro atoms. The van der Waals surface area contributed by atoms with Crippen LogP contribution in [0.5, 0.6) is 5.75 Å². The van der Waals surface area contributed by atoms with Gasteiger partial charge >= 0.3 is 6.18 Å². The SMILES string of the molecule is CN1CC(COc2cc(Br)c(C(F)(F)F)cc2F)C1. The molecule has 2 nitrogen and oxygen atoms in total. The summed E-state index contributed by atoms with van der Waals surface area (Å²) in [5.41, 5.74) is -1.04. The average Bonchev–Trinajstić information content (AvgIpc) is 2.25. The Labute approximate surface area is 116 Å². The predicted molar refractivity (Wildman–Crippen MR) is 65.6 cm³/mol. The van der Waals surface area contributed by atoms with Crippen LogP contribution in [0.15, 0.2) is 16.6 Å². The molecular formula is C12H12BrF4NO. The Hall–Kier alpha value is -0.820. The summed E-state index contributed by atoms with van der Waals surface area (Å²) in [6.45, 7) is 2.01. The topological polar surface area (TPSA) is 12.5 Å². The lowest BCUT2D eigenvalue weighted by atomic mass is 10.0. The number of hydrogen-bond acceptors (Lipinski definition) is 2. The predicted octanol–water partition coefficient (Wildman–Crippen LogP) is 3.55. The average molecular weight is 342 g/mol. The highest BCUT2D eigenvalue weighted by molar-refractivity contribution is 9.10. The van der Waals surface area contributed by atoms with Gasteiger partial charge in [-0.15, -0.1) is 0 Å². The van der Waals surface area contributed by atoms with Crippen molar-refractivity contribution in [2.75, 3.05) is 26.7 Å². The lowest BCUT2D eigenvalue weighted by Crippen LogP contribution is -2.46. The van der Waals surface area contributed by atoms with E-state index in [2.05, 4.69) is 20.8 Å². The summed E-state index contributed by atoms with van der Waals surface area (Å²) in [5, 5.41) is 0. The molecule has 0 aliphatic carbocycles. The minimum Gasteiger partial charge on any atom is -0.490 e. The fourth-order valence-electron chi connectivity index (χ4n) is 2.00. The Morgan fingerprint density at radius 2 is 2.00 bits per heavy atom. The molecule has 0 N–H and O–H groups in total. The molecule has 1 aromatic carbocycles. The van der Waals surface area contributed by atoms with E-state index in [-0.39, 0.29) is 10.2 Å². The molecule has 0 aromatic heterocycles. The van der Waals surface area contributed by atoms with Crippen molar-refractivity contribution in [3.05, 3.63) is 28.0 Å². The third-order valence-electron chi connectivity index (χ3n) is 2.94. The maximum atomic E-state index is 13.6. The van der Waals surface area contributed by atoms with E-state index < -0.39 is 17.6 Å². The summed E-state index contributed by atoms with van der Waals surface area (Å²) in [7, 11) is 1.95. The second-order valence-electron chi connectivity index (χ2n) is 4.66. The summed E-state index contributed by atoms with van der Waals surface area (Å²) in [4.78, 5) is 2.08. The van der Waals surface area contributed by atoms with Gasteiger partial charge in [-0.25, -0.2) is 4.39 Å². The lowest BCUT2D eigenvalue weighted by molar-refractivity contribution is -0.138. The highest BCUT2D eigenvalue weighted by Crippen LogP contribution is 2.38. The number of benzene rings is 1. The molecule has 1 saturated heterocycles. The van der Waals surface area contributed by atoms with E-state index in [1.807, 2.05) is 7.05 Å². The first-order valence-corrected chi connectivity index (χ1v) is 6.44. The zero-order valence-electron chi connectivity index (χ0n) is 10.1. The van der Waals surface area contributed by atoms with Crippen molar-refractivity contribution in [2.24, 2.45) is 5.92 Å². The van der Waals surface area contributed by atoms with Crippen LogP contribution in [0.1, 0.15) is 5.56 Å². The smallest absolute Gasteiger partial charge is 0.417 e. The van der Waals surface area contributed by atoms with E-state index in [0.717, 1.165) is 19.2 Å². The third kappa shape index (κ3) is 3.39. The molecule has 0 atom stereocenters. The molecule has 0 amide bonds. The van der Waals surface area contributed by atoms with Crippen molar-refractivity contribution < 1.29 is 22.3 Å². The molecule has 2 rings (SSSR count). The van der Waals surface area contributed by atoms with Crippen LogP contribution in [0.4, 0.5) is 17.6 Å². The van der Waals surface area contributed by atoms with Crippen LogP contribution in [0, 0.1) is 11.7 Å². The van der Waals surface area contributed by atoms with Gasteiger partial charge in [0.05, 0.1) is 12.2 Å². The molecule has 0 radical (unpaired) electrons. The Balaban J connectivity index is 2.08. The molecule has 19 heavy (non-hydrogen) atoms. The Morgan fingerprint density at radius 1 is 1.37 bits per heavy atom. The zero-order chi connectivity index (χ0) is 14.2. The number of hydrogen-bond donors (Lipinski definition) is 0. The molecule has 0 unspecified atom stereocenters. The highest BCUT2D eigenvalue weighted by atomic mass is 79.9. The van der Waals surface area contributed by atoms with Crippen LogP contribution in [-0.2, 0) is 6.18 Å². The van der Waals surface area contributed by atoms with Gasteiger partial charge in [0.25, 0.3) is 0 Å². The fourth-order valence-corrected chi connectivity index (χ4v) is 2.54. The number of alkyl halides is 3. The van der Waals surface area contributed by atoms with E-state index >= 15 is 0 Å². The summed E-state index contributed by atoms with van der Waals surface area (Å²) in [5.74, 6) is -0.858. The quantitative estimate of drug-likeness (QED) is 0.779. The van der Waals surface area contributed by atoms with Crippen LogP contribution in [0.25, 0.3) is 0 Å². The second kappa shape index (κ2) is 5.28. The molecule has 7 heteroatoms. The fraction of sp³-hybridized carbons (Fsp3) is 0.500.